The molecule has 3 aromatic rings. The minimum Gasteiger partial charge on any atom is -0.385 e. The monoisotopic (exact) mass is 282 g/mol. The molecule has 1 aromatic heterocycles. The van der Waals surface area contributed by atoms with E-state index in [9.17, 15) is 0 Å². The number of fused-ring (bicyclic) bond motifs is 1. The van der Waals surface area contributed by atoms with Crippen LogP contribution in [-0.2, 0) is 0 Å². The lowest BCUT2D eigenvalue weighted by atomic mass is 10.2. The summed E-state index contributed by atoms with van der Waals surface area (Å²) >= 11 is 1.75. The summed E-state index contributed by atoms with van der Waals surface area (Å²) in [6.45, 7) is 3.24. The number of nitrogens with zero attached hydrogens (tertiary/aromatic N) is 1. The van der Waals surface area contributed by atoms with Gasteiger partial charge in [0.15, 0.2) is 0 Å². The Kier molecular flexibility index (Phi) is 3.97. The summed E-state index contributed by atoms with van der Waals surface area (Å²) in [7, 11) is 0. The first-order chi connectivity index (χ1) is 9.86. The summed E-state index contributed by atoms with van der Waals surface area (Å²) in [5, 5.41) is 4.55. The molecular formula is C17H18N2S. The van der Waals surface area contributed by atoms with E-state index in [-0.39, 0.29) is 0 Å². The van der Waals surface area contributed by atoms with E-state index in [0.717, 1.165) is 17.1 Å². The number of unbranched alkanes of at least 4 members (excludes halogenated alkanes) is 1. The van der Waals surface area contributed by atoms with Crippen molar-refractivity contribution in [1.82, 2.24) is 4.98 Å². The van der Waals surface area contributed by atoms with E-state index in [1.807, 2.05) is 6.07 Å². The smallest absolute Gasteiger partial charge is 0.124 e. The predicted octanol–water partition coefficient (Wildman–Crippen LogP) is 5.18. The highest BCUT2D eigenvalue weighted by Gasteiger charge is 2.06. The molecule has 3 heteroatoms. The highest BCUT2D eigenvalue weighted by atomic mass is 32.1. The predicted molar refractivity (Wildman–Crippen MR) is 88.5 cm³/mol. The molecule has 0 bridgehead atoms. The Bertz CT molecular complexity index is 689. The molecule has 2 aromatic carbocycles. The van der Waals surface area contributed by atoms with E-state index in [4.69, 9.17) is 4.98 Å². The zero-order valence-corrected chi connectivity index (χ0v) is 12.4. The van der Waals surface area contributed by atoms with E-state index < -0.39 is 0 Å². The molecule has 0 radical (unpaired) electrons. The topological polar surface area (TPSA) is 24.9 Å². The van der Waals surface area contributed by atoms with Gasteiger partial charge in [0.25, 0.3) is 0 Å². The molecule has 1 N–H and O–H groups in total. The van der Waals surface area contributed by atoms with Gasteiger partial charge in [0.2, 0.25) is 0 Å². The van der Waals surface area contributed by atoms with Crippen molar-refractivity contribution in [1.29, 1.82) is 0 Å². The third-order valence-electron chi connectivity index (χ3n) is 3.27. The van der Waals surface area contributed by atoms with Crippen molar-refractivity contribution in [3.63, 3.8) is 0 Å². The van der Waals surface area contributed by atoms with Crippen LogP contribution in [0.2, 0.25) is 0 Å². The van der Waals surface area contributed by atoms with Crippen molar-refractivity contribution in [3.05, 3.63) is 48.5 Å². The second-order valence-electron chi connectivity index (χ2n) is 4.85. The first-order valence-corrected chi connectivity index (χ1v) is 7.88. The minimum absolute atomic E-state index is 1.03. The normalized spacial score (nSPS) is 10.8. The van der Waals surface area contributed by atoms with Crippen LogP contribution in [0.25, 0.3) is 20.8 Å². The zero-order chi connectivity index (χ0) is 13.8. The molecule has 0 fully saturated rings. The number of rotatable bonds is 5. The fourth-order valence-corrected chi connectivity index (χ4v) is 3.16. The third-order valence-corrected chi connectivity index (χ3v) is 4.34. The summed E-state index contributed by atoms with van der Waals surface area (Å²) in [5.41, 5.74) is 3.46. The molecule has 0 aliphatic rings. The summed E-state index contributed by atoms with van der Waals surface area (Å²) in [4.78, 5) is 4.71. The van der Waals surface area contributed by atoms with Crippen molar-refractivity contribution in [2.24, 2.45) is 0 Å². The Morgan fingerprint density at radius 1 is 1.10 bits per heavy atom. The largest absolute Gasteiger partial charge is 0.385 e. The fraction of sp³-hybridized carbons (Fsp3) is 0.235. The van der Waals surface area contributed by atoms with Crippen LogP contribution in [0.5, 0.6) is 0 Å². The summed E-state index contributed by atoms with van der Waals surface area (Å²) in [6, 6.07) is 16.8. The van der Waals surface area contributed by atoms with Crippen LogP contribution in [-0.4, -0.2) is 11.5 Å². The summed E-state index contributed by atoms with van der Waals surface area (Å²) in [6.07, 6.45) is 2.42. The van der Waals surface area contributed by atoms with Gasteiger partial charge in [0.05, 0.1) is 10.2 Å². The van der Waals surface area contributed by atoms with E-state index >= 15 is 0 Å². The average molecular weight is 282 g/mol. The Morgan fingerprint density at radius 2 is 1.95 bits per heavy atom. The van der Waals surface area contributed by atoms with Crippen LogP contribution in [0.3, 0.4) is 0 Å². The van der Waals surface area contributed by atoms with Gasteiger partial charge >= 0.3 is 0 Å². The molecular weight excluding hydrogens is 264 g/mol. The molecule has 1 heterocycles. The number of thiazole rings is 1. The number of aromatic nitrogens is 1. The molecule has 0 saturated carbocycles. The molecule has 0 amide bonds. The van der Waals surface area contributed by atoms with Gasteiger partial charge in [-0.1, -0.05) is 43.7 Å². The van der Waals surface area contributed by atoms with Gasteiger partial charge in [-0.2, -0.15) is 0 Å². The van der Waals surface area contributed by atoms with Crippen LogP contribution in [0.4, 0.5) is 5.69 Å². The van der Waals surface area contributed by atoms with Crippen LogP contribution in [0.1, 0.15) is 19.8 Å². The Labute approximate surface area is 123 Å². The van der Waals surface area contributed by atoms with Gasteiger partial charge in [0, 0.05) is 17.8 Å². The zero-order valence-electron chi connectivity index (χ0n) is 11.6. The van der Waals surface area contributed by atoms with Gasteiger partial charge in [-0.15, -0.1) is 11.3 Å². The van der Waals surface area contributed by atoms with Gasteiger partial charge in [-0.25, -0.2) is 4.98 Å². The number of hydrogen-bond acceptors (Lipinski definition) is 3. The lowest BCUT2D eigenvalue weighted by Crippen LogP contribution is -1.99. The van der Waals surface area contributed by atoms with Crippen molar-refractivity contribution < 1.29 is 0 Å². The second-order valence-corrected chi connectivity index (χ2v) is 5.88. The third kappa shape index (κ3) is 2.83. The molecule has 2 nitrogen and oxygen atoms in total. The van der Waals surface area contributed by atoms with E-state index in [1.54, 1.807) is 11.3 Å². The first-order valence-electron chi connectivity index (χ1n) is 7.06. The van der Waals surface area contributed by atoms with Crippen molar-refractivity contribution in [2.75, 3.05) is 11.9 Å². The number of nitrogens with one attached hydrogen (secondary N) is 1. The highest BCUT2D eigenvalue weighted by molar-refractivity contribution is 7.21. The van der Waals surface area contributed by atoms with Crippen LogP contribution in [0, 0.1) is 0 Å². The molecule has 20 heavy (non-hydrogen) atoms. The Balaban J connectivity index is 1.88. The maximum absolute atomic E-state index is 4.71. The average Bonchev–Trinajstić information content (AvgIpc) is 2.92. The maximum Gasteiger partial charge on any atom is 0.124 e. The van der Waals surface area contributed by atoms with E-state index in [1.165, 1.54) is 28.8 Å². The number of hydrogen-bond donors (Lipinski definition) is 1. The molecule has 0 atom stereocenters. The van der Waals surface area contributed by atoms with E-state index in [0.29, 0.717) is 0 Å². The van der Waals surface area contributed by atoms with Gasteiger partial charge in [0.1, 0.15) is 5.01 Å². The highest BCUT2D eigenvalue weighted by Crippen LogP contribution is 2.31. The molecule has 0 aliphatic heterocycles. The molecule has 0 spiro atoms. The fourth-order valence-electron chi connectivity index (χ4n) is 2.15. The molecule has 102 valence electrons. The van der Waals surface area contributed by atoms with Crippen molar-refractivity contribution >= 4 is 27.2 Å². The molecule has 3 rings (SSSR count). The maximum atomic E-state index is 4.71. The molecule has 0 unspecified atom stereocenters. The molecule has 0 aliphatic carbocycles. The first kappa shape index (κ1) is 13.1. The number of anilines is 1. The van der Waals surface area contributed by atoms with E-state index in [2.05, 4.69) is 54.7 Å². The van der Waals surface area contributed by atoms with Gasteiger partial charge < -0.3 is 5.32 Å². The van der Waals surface area contributed by atoms with Crippen molar-refractivity contribution in [2.45, 2.75) is 19.8 Å². The SMILES string of the molecule is CCCCNc1ccc2nc(-c3ccccc3)sc2c1. The quantitative estimate of drug-likeness (QED) is 0.653. The van der Waals surface area contributed by atoms with Crippen molar-refractivity contribution in [3.8, 4) is 10.6 Å². The summed E-state index contributed by atoms with van der Waals surface area (Å²) < 4.78 is 1.24. The standard InChI is InChI=1S/C17H18N2S/c1-2-3-11-18-14-9-10-15-16(12-14)20-17(19-15)13-7-5-4-6-8-13/h4-10,12,18H,2-3,11H2,1H3. The van der Waals surface area contributed by atoms with Gasteiger partial charge in [-0.3, -0.25) is 0 Å². The molecule has 0 saturated heterocycles. The Morgan fingerprint density at radius 3 is 2.75 bits per heavy atom. The second kappa shape index (κ2) is 6.06. The minimum atomic E-state index is 1.03. The van der Waals surface area contributed by atoms with Crippen LogP contribution in [0.15, 0.2) is 48.5 Å². The lowest BCUT2D eigenvalue weighted by molar-refractivity contribution is 0.834. The van der Waals surface area contributed by atoms with Crippen LogP contribution >= 0.6 is 11.3 Å². The lowest BCUT2D eigenvalue weighted by Gasteiger charge is -2.04. The van der Waals surface area contributed by atoms with Crippen LogP contribution < -0.4 is 5.32 Å². The Hall–Kier alpha value is -1.87. The van der Waals surface area contributed by atoms with Gasteiger partial charge in [-0.05, 0) is 24.6 Å². The summed E-state index contributed by atoms with van der Waals surface area (Å²) in [5.74, 6) is 0. The number of benzene rings is 2.